The molecular formula is C14H18N2. The van der Waals surface area contributed by atoms with Gasteiger partial charge >= 0.3 is 0 Å². The summed E-state index contributed by atoms with van der Waals surface area (Å²) in [5.41, 5.74) is 11.4. The molecule has 0 amide bonds. The van der Waals surface area contributed by atoms with Gasteiger partial charge in [-0.25, -0.2) is 0 Å². The second kappa shape index (κ2) is 3.36. The maximum absolute atomic E-state index is 5.90. The highest BCUT2D eigenvalue weighted by Crippen LogP contribution is 2.45. The van der Waals surface area contributed by atoms with Crippen molar-refractivity contribution < 1.29 is 0 Å². The summed E-state index contributed by atoms with van der Waals surface area (Å²) in [6.45, 7) is 2.81. The van der Waals surface area contributed by atoms with Crippen LogP contribution in [0, 0.1) is 6.92 Å². The summed E-state index contributed by atoms with van der Waals surface area (Å²) in [5.74, 6) is 0.768. The van der Waals surface area contributed by atoms with Gasteiger partial charge in [-0.05, 0) is 43.4 Å². The van der Waals surface area contributed by atoms with Crippen molar-refractivity contribution in [3.63, 3.8) is 0 Å². The van der Waals surface area contributed by atoms with Crippen molar-refractivity contribution in [2.75, 3.05) is 0 Å². The molecule has 2 aromatic rings. The normalized spacial score (nSPS) is 15.9. The number of benzene rings is 1. The number of fused-ring (bicyclic) bond motifs is 1. The Balaban J connectivity index is 2.37. The molecular weight excluding hydrogens is 196 g/mol. The van der Waals surface area contributed by atoms with E-state index in [4.69, 9.17) is 5.73 Å². The van der Waals surface area contributed by atoms with Crippen molar-refractivity contribution in [1.29, 1.82) is 0 Å². The Morgan fingerprint density at radius 2 is 2.12 bits per heavy atom. The van der Waals surface area contributed by atoms with E-state index in [-0.39, 0.29) is 0 Å². The van der Waals surface area contributed by atoms with Gasteiger partial charge < -0.3 is 10.3 Å². The lowest BCUT2D eigenvalue weighted by Gasteiger charge is -2.03. The Bertz CT molecular complexity index is 547. The minimum absolute atomic E-state index is 0.649. The van der Waals surface area contributed by atoms with Gasteiger partial charge in [0.15, 0.2) is 0 Å². The van der Waals surface area contributed by atoms with Crippen molar-refractivity contribution in [3.05, 3.63) is 35.0 Å². The fourth-order valence-corrected chi connectivity index (χ4v) is 2.71. The molecule has 0 radical (unpaired) electrons. The second-order valence-corrected chi connectivity index (χ2v) is 4.92. The van der Waals surface area contributed by atoms with Gasteiger partial charge in [0.2, 0.25) is 0 Å². The van der Waals surface area contributed by atoms with Gasteiger partial charge in [0, 0.05) is 30.2 Å². The number of hydrogen-bond acceptors (Lipinski definition) is 1. The van der Waals surface area contributed by atoms with Crippen LogP contribution in [0.25, 0.3) is 10.9 Å². The minimum atomic E-state index is 0.649. The Labute approximate surface area is 96.1 Å². The van der Waals surface area contributed by atoms with Gasteiger partial charge in [-0.15, -0.1) is 0 Å². The monoisotopic (exact) mass is 214 g/mol. The molecule has 0 bridgehead atoms. The predicted octanol–water partition coefficient (Wildman–Crippen LogP) is 2.82. The van der Waals surface area contributed by atoms with E-state index >= 15 is 0 Å². The number of rotatable bonds is 2. The molecule has 1 aliphatic rings. The molecule has 1 aromatic carbocycles. The van der Waals surface area contributed by atoms with Crippen LogP contribution in [0.5, 0.6) is 0 Å². The summed E-state index contributed by atoms with van der Waals surface area (Å²) in [7, 11) is 2.13. The van der Waals surface area contributed by atoms with Crippen LogP contribution in [-0.2, 0) is 13.6 Å². The fourth-order valence-electron chi connectivity index (χ4n) is 2.71. The van der Waals surface area contributed by atoms with Gasteiger partial charge in [-0.2, -0.15) is 0 Å². The number of aryl methyl sites for hydroxylation is 2. The maximum atomic E-state index is 5.90. The molecule has 1 heterocycles. The topological polar surface area (TPSA) is 30.9 Å². The van der Waals surface area contributed by atoms with E-state index in [1.807, 2.05) is 0 Å². The lowest BCUT2D eigenvalue weighted by atomic mass is 10.0. The number of hydrogen-bond donors (Lipinski definition) is 1. The van der Waals surface area contributed by atoms with Gasteiger partial charge in [0.1, 0.15) is 0 Å². The van der Waals surface area contributed by atoms with E-state index in [9.17, 15) is 0 Å². The molecule has 0 aliphatic heterocycles. The van der Waals surface area contributed by atoms with E-state index in [1.54, 1.807) is 0 Å². The van der Waals surface area contributed by atoms with Gasteiger partial charge in [-0.3, -0.25) is 0 Å². The smallest absolute Gasteiger partial charge is 0.0483 e. The van der Waals surface area contributed by atoms with Crippen LogP contribution in [0.2, 0.25) is 0 Å². The van der Waals surface area contributed by atoms with Crippen molar-refractivity contribution in [2.24, 2.45) is 12.8 Å². The van der Waals surface area contributed by atoms with Crippen LogP contribution in [0.15, 0.2) is 18.2 Å². The zero-order chi connectivity index (χ0) is 11.3. The minimum Gasteiger partial charge on any atom is -0.346 e. The first-order valence-electron chi connectivity index (χ1n) is 6.00. The van der Waals surface area contributed by atoms with Crippen LogP contribution < -0.4 is 5.73 Å². The second-order valence-electron chi connectivity index (χ2n) is 4.92. The highest BCUT2D eigenvalue weighted by molar-refractivity contribution is 5.87. The zero-order valence-electron chi connectivity index (χ0n) is 9.96. The molecule has 1 saturated carbocycles. The van der Waals surface area contributed by atoms with Crippen molar-refractivity contribution >= 4 is 10.9 Å². The van der Waals surface area contributed by atoms with E-state index in [2.05, 4.69) is 36.7 Å². The third-order valence-electron chi connectivity index (χ3n) is 3.70. The third-order valence-corrected chi connectivity index (χ3v) is 3.70. The summed E-state index contributed by atoms with van der Waals surface area (Å²) < 4.78 is 2.27. The molecule has 0 unspecified atom stereocenters. The molecule has 1 aromatic heterocycles. The van der Waals surface area contributed by atoms with E-state index in [0.29, 0.717) is 6.54 Å². The van der Waals surface area contributed by atoms with Crippen LogP contribution >= 0.6 is 0 Å². The third kappa shape index (κ3) is 1.30. The van der Waals surface area contributed by atoms with Gasteiger partial charge in [0.25, 0.3) is 0 Å². The molecule has 0 saturated heterocycles. The Hall–Kier alpha value is -1.28. The standard InChI is InChI=1S/C14H18N2/c1-9-3-6-12-11(7-9)14(10-4-5-10)13(8-15)16(12)2/h3,6-7,10H,4-5,8,15H2,1-2H3. The molecule has 0 atom stereocenters. The number of aromatic nitrogens is 1. The summed E-state index contributed by atoms with van der Waals surface area (Å²) in [6, 6.07) is 6.71. The van der Waals surface area contributed by atoms with E-state index in [1.165, 1.54) is 40.6 Å². The SMILES string of the molecule is Cc1ccc2c(c1)c(C1CC1)c(CN)n2C. The quantitative estimate of drug-likeness (QED) is 0.818. The van der Waals surface area contributed by atoms with Crippen molar-refractivity contribution in [1.82, 2.24) is 4.57 Å². The summed E-state index contributed by atoms with van der Waals surface area (Å²) in [5, 5.41) is 1.42. The first-order chi connectivity index (χ1) is 7.72. The molecule has 2 heteroatoms. The first-order valence-corrected chi connectivity index (χ1v) is 6.00. The lowest BCUT2D eigenvalue weighted by molar-refractivity contribution is 0.829. The van der Waals surface area contributed by atoms with Crippen LogP contribution in [0.1, 0.15) is 35.6 Å². The Kier molecular flexibility index (Phi) is 2.08. The van der Waals surface area contributed by atoms with Crippen LogP contribution in [0.3, 0.4) is 0 Å². The summed E-state index contributed by atoms with van der Waals surface area (Å²) >= 11 is 0. The summed E-state index contributed by atoms with van der Waals surface area (Å²) in [4.78, 5) is 0. The summed E-state index contributed by atoms with van der Waals surface area (Å²) in [6.07, 6.45) is 2.67. The molecule has 84 valence electrons. The zero-order valence-corrected chi connectivity index (χ0v) is 9.96. The lowest BCUT2D eigenvalue weighted by Crippen LogP contribution is -2.05. The molecule has 3 rings (SSSR count). The average Bonchev–Trinajstić information content (AvgIpc) is 3.05. The average molecular weight is 214 g/mol. The van der Waals surface area contributed by atoms with Gasteiger partial charge in [0.05, 0.1) is 0 Å². The first kappa shape index (κ1) is 9.91. The Morgan fingerprint density at radius 3 is 2.75 bits per heavy atom. The molecule has 1 aliphatic carbocycles. The maximum Gasteiger partial charge on any atom is 0.0483 e. The Morgan fingerprint density at radius 1 is 1.38 bits per heavy atom. The largest absolute Gasteiger partial charge is 0.346 e. The predicted molar refractivity (Wildman–Crippen MR) is 67.5 cm³/mol. The van der Waals surface area contributed by atoms with Crippen molar-refractivity contribution in [2.45, 2.75) is 32.2 Å². The molecule has 2 nitrogen and oxygen atoms in total. The van der Waals surface area contributed by atoms with E-state index < -0.39 is 0 Å². The number of nitrogens with zero attached hydrogens (tertiary/aromatic N) is 1. The van der Waals surface area contributed by atoms with Crippen molar-refractivity contribution in [3.8, 4) is 0 Å². The van der Waals surface area contributed by atoms with Crippen LogP contribution in [0.4, 0.5) is 0 Å². The highest BCUT2D eigenvalue weighted by atomic mass is 15.0. The highest BCUT2D eigenvalue weighted by Gasteiger charge is 2.30. The molecule has 16 heavy (non-hydrogen) atoms. The molecule has 1 fully saturated rings. The van der Waals surface area contributed by atoms with E-state index in [0.717, 1.165) is 5.92 Å². The molecule has 2 N–H and O–H groups in total. The molecule has 0 spiro atoms. The number of nitrogens with two attached hydrogens (primary N) is 1. The van der Waals surface area contributed by atoms with Crippen LogP contribution in [-0.4, -0.2) is 4.57 Å². The fraction of sp³-hybridized carbons (Fsp3) is 0.429. The van der Waals surface area contributed by atoms with Gasteiger partial charge in [-0.1, -0.05) is 11.6 Å².